The number of piperazine rings is 1. The summed E-state index contributed by atoms with van der Waals surface area (Å²) in [5.41, 5.74) is 1.35. The van der Waals surface area contributed by atoms with E-state index in [-0.39, 0.29) is 0 Å². The molecule has 0 radical (unpaired) electrons. The van der Waals surface area contributed by atoms with Crippen LogP contribution in [-0.2, 0) is 0 Å². The van der Waals surface area contributed by atoms with Crippen molar-refractivity contribution in [1.82, 2.24) is 15.2 Å². The van der Waals surface area contributed by atoms with Crippen molar-refractivity contribution in [1.29, 1.82) is 0 Å². The molecule has 1 N–H and O–H groups in total. The molecule has 4 heteroatoms. The van der Waals surface area contributed by atoms with Crippen molar-refractivity contribution < 1.29 is 0 Å². The Balaban J connectivity index is 2.15. The second-order valence-electron chi connectivity index (χ2n) is 4.58. The van der Waals surface area contributed by atoms with Crippen LogP contribution in [0.3, 0.4) is 0 Å². The fourth-order valence-corrected chi connectivity index (χ4v) is 2.84. The zero-order chi connectivity index (χ0) is 12.8. The molecule has 0 aromatic carbocycles. The molecular weight excluding hydrogens is 290 g/mol. The Morgan fingerprint density at radius 3 is 2.94 bits per heavy atom. The number of nitrogens with one attached hydrogen (secondary N) is 1. The van der Waals surface area contributed by atoms with Crippen LogP contribution in [0.25, 0.3) is 0 Å². The number of aromatic nitrogens is 1. The summed E-state index contributed by atoms with van der Waals surface area (Å²) in [6.45, 7) is 8.22. The number of rotatable bonds is 5. The van der Waals surface area contributed by atoms with E-state index in [4.69, 9.17) is 0 Å². The second kappa shape index (κ2) is 7.02. The molecule has 1 aliphatic heterocycles. The molecular formula is C14H20BrN3. The van der Waals surface area contributed by atoms with E-state index in [1.54, 1.807) is 0 Å². The van der Waals surface area contributed by atoms with E-state index in [1.165, 1.54) is 5.56 Å². The highest BCUT2D eigenvalue weighted by Crippen LogP contribution is 2.27. The topological polar surface area (TPSA) is 28.2 Å². The molecule has 1 saturated heterocycles. The Kier molecular flexibility index (Phi) is 5.35. The van der Waals surface area contributed by atoms with E-state index >= 15 is 0 Å². The molecule has 2 heterocycles. The molecule has 0 aliphatic carbocycles. The Bertz CT molecular complexity index is 388. The van der Waals surface area contributed by atoms with E-state index in [2.05, 4.69) is 49.8 Å². The predicted octanol–water partition coefficient (Wildman–Crippen LogP) is 2.76. The van der Waals surface area contributed by atoms with Crippen molar-refractivity contribution in [2.75, 3.05) is 26.2 Å². The largest absolute Gasteiger partial charge is 0.314 e. The number of halogens is 1. The zero-order valence-electron chi connectivity index (χ0n) is 10.6. The van der Waals surface area contributed by atoms with Crippen LogP contribution in [0.4, 0.5) is 0 Å². The van der Waals surface area contributed by atoms with E-state index < -0.39 is 0 Å². The lowest BCUT2D eigenvalue weighted by atomic mass is 10.0. The number of allylic oxidation sites excluding steroid dienone is 1. The highest BCUT2D eigenvalue weighted by molar-refractivity contribution is 9.10. The molecule has 0 bridgehead atoms. The quantitative estimate of drug-likeness (QED) is 0.669. The molecule has 3 nitrogen and oxygen atoms in total. The van der Waals surface area contributed by atoms with Crippen LogP contribution in [0.2, 0.25) is 0 Å². The first-order valence-corrected chi connectivity index (χ1v) is 7.27. The van der Waals surface area contributed by atoms with Gasteiger partial charge in [-0.05, 0) is 46.5 Å². The van der Waals surface area contributed by atoms with Gasteiger partial charge in [-0.15, -0.1) is 6.58 Å². The summed E-state index contributed by atoms with van der Waals surface area (Å²) in [5.74, 6) is 0. The second-order valence-corrected chi connectivity index (χ2v) is 5.39. The van der Waals surface area contributed by atoms with Crippen molar-refractivity contribution in [3.05, 3.63) is 41.2 Å². The first-order chi connectivity index (χ1) is 8.81. The molecule has 98 valence electrons. The highest BCUT2D eigenvalue weighted by atomic mass is 79.9. The molecule has 18 heavy (non-hydrogen) atoms. The third-order valence-electron chi connectivity index (χ3n) is 3.37. The van der Waals surface area contributed by atoms with Gasteiger partial charge in [-0.1, -0.05) is 6.08 Å². The summed E-state index contributed by atoms with van der Waals surface area (Å²) >= 11 is 3.46. The summed E-state index contributed by atoms with van der Waals surface area (Å²) < 4.78 is 0.915. The number of pyridine rings is 1. The van der Waals surface area contributed by atoms with Gasteiger partial charge in [-0.2, -0.15) is 0 Å². The average molecular weight is 310 g/mol. The predicted molar refractivity (Wildman–Crippen MR) is 78.6 cm³/mol. The van der Waals surface area contributed by atoms with Crippen LogP contribution >= 0.6 is 15.9 Å². The lowest BCUT2D eigenvalue weighted by Crippen LogP contribution is -2.45. The fraction of sp³-hybridized carbons (Fsp3) is 0.500. The summed E-state index contributed by atoms with van der Waals surface area (Å²) in [5, 5.41) is 3.41. The minimum Gasteiger partial charge on any atom is -0.314 e. The lowest BCUT2D eigenvalue weighted by Gasteiger charge is -2.35. The highest BCUT2D eigenvalue weighted by Gasteiger charge is 2.21. The lowest BCUT2D eigenvalue weighted by molar-refractivity contribution is 0.166. The fourth-order valence-electron chi connectivity index (χ4n) is 2.45. The molecule has 1 fully saturated rings. The number of nitrogens with zero attached hydrogens (tertiary/aromatic N) is 2. The maximum Gasteiger partial charge on any atom is 0.106 e. The molecule has 1 aliphatic rings. The normalized spacial score (nSPS) is 18.5. The standard InChI is InChI=1S/C14H20BrN3/c1-2-3-4-13(18-9-7-16-8-10-18)12-5-6-17-14(15)11-12/h2,5-6,11,13,16H,1,3-4,7-10H2/t13-/m0/s1. The SMILES string of the molecule is C=CCC[C@@H](c1ccnc(Br)c1)N1CCNCC1. The van der Waals surface area contributed by atoms with Crippen LogP contribution in [0.15, 0.2) is 35.6 Å². The van der Waals surface area contributed by atoms with Gasteiger partial charge >= 0.3 is 0 Å². The van der Waals surface area contributed by atoms with E-state index in [1.807, 2.05) is 12.3 Å². The molecule has 1 aromatic heterocycles. The zero-order valence-corrected chi connectivity index (χ0v) is 12.2. The Morgan fingerprint density at radius 1 is 1.50 bits per heavy atom. The molecule has 0 spiro atoms. The Hall–Kier alpha value is -0.710. The van der Waals surface area contributed by atoms with Crippen LogP contribution in [0.1, 0.15) is 24.4 Å². The molecule has 0 amide bonds. The van der Waals surface area contributed by atoms with Gasteiger partial charge in [0.25, 0.3) is 0 Å². The molecule has 2 rings (SSSR count). The van der Waals surface area contributed by atoms with Gasteiger partial charge in [-0.3, -0.25) is 4.90 Å². The van der Waals surface area contributed by atoms with Gasteiger partial charge in [0.1, 0.15) is 4.60 Å². The third kappa shape index (κ3) is 3.64. The van der Waals surface area contributed by atoms with Crippen LogP contribution in [0, 0.1) is 0 Å². The first kappa shape index (κ1) is 13.7. The summed E-state index contributed by atoms with van der Waals surface area (Å²) in [7, 11) is 0. The van der Waals surface area contributed by atoms with Crippen molar-refractivity contribution in [2.45, 2.75) is 18.9 Å². The van der Waals surface area contributed by atoms with Gasteiger partial charge in [0.2, 0.25) is 0 Å². The van der Waals surface area contributed by atoms with E-state index in [0.717, 1.165) is 43.6 Å². The van der Waals surface area contributed by atoms with Gasteiger partial charge in [0.05, 0.1) is 0 Å². The smallest absolute Gasteiger partial charge is 0.106 e. The Labute approximate surface area is 117 Å². The van der Waals surface area contributed by atoms with E-state index in [0.29, 0.717) is 6.04 Å². The van der Waals surface area contributed by atoms with E-state index in [9.17, 15) is 0 Å². The first-order valence-electron chi connectivity index (χ1n) is 6.48. The monoisotopic (exact) mass is 309 g/mol. The number of hydrogen-bond acceptors (Lipinski definition) is 3. The van der Waals surface area contributed by atoms with Crippen molar-refractivity contribution >= 4 is 15.9 Å². The molecule has 1 aromatic rings. The van der Waals surface area contributed by atoms with Gasteiger partial charge in [0.15, 0.2) is 0 Å². The molecule has 0 saturated carbocycles. The molecule has 1 atom stereocenters. The van der Waals surface area contributed by atoms with Crippen LogP contribution in [-0.4, -0.2) is 36.1 Å². The summed E-state index contributed by atoms with van der Waals surface area (Å²) in [4.78, 5) is 6.77. The number of hydrogen-bond donors (Lipinski definition) is 1. The van der Waals surface area contributed by atoms with Gasteiger partial charge < -0.3 is 5.32 Å². The Morgan fingerprint density at radius 2 is 2.28 bits per heavy atom. The third-order valence-corrected chi connectivity index (χ3v) is 3.81. The van der Waals surface area contributed by atoms with Crippen LogP contribution < -0.4 is 5.32 Å². The van der Waals surface area contributed by atoms with Crippen molar-refractivity contribution in [3.8, 4) is 0 Å². The maximum atomic E-state index is 4.21. The van der Waals surface area contributed by atoms with Crippen molar-refractivity contribution in [3.63, 3.8) is 0 Å². The minimum absolute atomic E-state index is 0.476. The van der Waals surface area contributed by atoms with Crippen LogP contribution in [0.5, 0.6) is 0 Å². The summed E-state index contributed by atoms with van der Waals surface area (Å²) in [6.07, 6.45) is 6.06. The average Bonchev–Trinajstić information content (AvgIpc) is 2.40. The maximum absolute atomic E-state index is 4.21. The minimum atomic E-state index is 0.476. The van der Waals surface area contributed by atoms with Gasteiger partial charge in [-0.25, -0.2) is 4.98 Å². The van der Waals surface area contributed by atoms with Gasteiger partial charge in [0, 0.05) is 38.4 Å². The molecule has 0 unspecified atom stereocenters. The summed E-state index contributed by atoms with van der Waals surface area (Å²) in [6, 6.07) is 4.74. The van der Waals surface area contributed by atoms with Crippen molar-refractivity contribution in [2.24, 2.45) is 0 Å².